The number of hydrogen-bond acceptors (Lipinski definition) is 2. The molecule has 2 aromatic rings. The zero-order chi connectivity index (χ0) is 12.3. The Morgan fingerprint density at radius 2 is 2.29 bits per heavy atom. The fourth-order valence-corrected chi connectivity index (χ4v) is 1.74. The van der Waals surface area contributed by atoms with Crippen LogP contribution in [0.2, 0.25) is 5.02 Å². The number of nitrogens with one attached hydrogen (secondary N) is 2. The van der Waals surface area contributed by atoms with E-state index in [4.69, 9.17) is 11.6 Å². The van der Waals surface area contributed by atoms with Crippen LogP contribution in [0.25, 0.3) is 0 Å². The van der Waals surface area contributed by atoms with Crippen molar-refractivity contribution < 1.29 is 4.79 Å². The van der Waals surface area contributed by atoms with Crippen molar-refractivity contribution >= 4 is 23.2 Å². The Balaban J connectivity index is 2.03. The minimum Gasteiger partial charge on any atom is -0.326 e. The molecule has 88 valence electrons. The predicted molar refractivity (Wildman–Crippen MR) is 67.1 cm³/mol. The Labute approximate surface area is 104 Å². The van der Waals surface area contributed by atoms with Gasteiger partial charge in [0.2, 0.25) is 5.91 Å². The number of H-pyrrole nitrogens is 1. The van der Waals surface area contributed by atoms with Gasteiger partial charge in [0.1, 0.15) is 0 Å². The molecule has 0 fully saturated rings. The second-order valence-electron chi connectivity index (χ2n) is 3.77. The average molecular weight is 250 g/mol. The van der Waals surface area contributed by atoms with Crippen LogP contribution in [0, 0.1) is 6.92 Å². The summed E-state index contributed by atoms with van der Waals surface area (Å²) in [4.78, 5) is 11.7. The summed E-state index contributed by atoms with van der Waals surface area (Å²) >= 11 is 5.84. The molecule has 2 N–H and O–H groups in total. The summed E-state index contributed by atoms with van der Waals surface area (Å²) in [7, 11) is 0. The number of anilines is 1. The summed E-state index contributed by atoms with van der Waals surface area (Å²) in [6.07, 6.45) is 1.90. The number of nitrogens with zero attached hydrogens (tertiary/aromatic N) is 1. The van der Waals surface area contributed by atoms with Gasteiger partial charge in [-0.1, -0.05) is 11.6 Å². The summed E-state index contributed by atoms with van der Waals surface area (Å²) in [5.41, 5.74) is 2.50. The largest absolute Gasteiger partial charge is 0.326 e. The molecular formula is C12H12ClN3O. The third-order valence-electron chi connectivity index (χ3n) is 2.37. The van der Waals surface area contributed by atoms with Crippen LogP contribution in [0.3, 0.4) is 0 Å². The van der Waals surface area contributed by atoms with Crippen LogP contribution in [0.1, 0.15) is 11.3 Å². The minimum atomic E-state index is -0.0836. The second kappa shape index (κ2) is 5.01. The molecule has 1 aromatic carbocycles. The first kappa shape index (κ1) is 11.7. The third-order valence-corrected chi connectivity index (χ3v) is 2.61. The normalized spacial score (nSPS) is 10.2. The molecule has 17 heavy (non-hydrogen) atoms. The quantitative estimate of drug-likeness (QED) is 0.878. The number of aromatic amines is 1. The molecule has 1 heterocycles. The highest BCUT2D eigenvalue weighted by atomic mass is 35.5. The maximum Gasteiger partial charge on any atom is 0.230 e. The molecule has 0 unspecified atom stereocenters. The SMILES string of the molecule is Cc1cc(Cl)ccc1NC(=O)Cc1ccn[nH]1. The van der Waals surface area contributed by atoms with E-state index in [-0.39, 0.29) is 12.3 Å². The lowest BCUT2D eigenvalue weighted by atomic mass is 10.2. The Bertz CT molecular complexity index is 523. The van der Waals surface area contributed by atoms with Crippen LogP contribution in [0.4, 0.5) is 5.69 Å². The van der Waals surface area contributed by atoms with Crippen LogP contribution in [0.5, 0.6) is 0 Å². The highest BCUT2D eigenvalue weighted by molar-refractivity contribution is 6.30. The molecule has 0 spiro atoms. The predicted octanol–water partition coefficient (Wildman–Crippen LogP) is 2.55. The van der Waals surface area contributed by atoms with Crippen molar-refractivity contribution in [3.63, 3.8) is 0 Å². The summed E-state index contributed by atoms with van der Waals surface area (Å²) in [6.45, 7) is 1.90. The fraction of sp³-hybridized carbons (Fsp3) is 0.167. The van der Waals surface area contributed by atoms with Gasteiger partial charge in [0, 0.05) is 22.6 Å². The van der Waals surface area contributed by atoms with E-state index in [1.165, 1.54) is 0 Å². The average Bonchev–Trinajstić information content (AvgIpc) is 2.75. The molecule has 1 aromatic heterocycles. The van der Waals surface area contributed by atoms with Crippen molar-refractivity contribution in [1.82, 2.24) is 10.2 Å². The summed E-state index contributed by atoms with van der Waals surface area (Å²) < 4.78 is 0. The van der Waals surface area contributed by atoms with Crippen molar-refractivity contribution in [2.45, 2.75) is 13.3 Å². The lowest BCUT2D eigenvalue weighted by Crippen LogP contribution is -2.15. The van der Waals surface area contributed by atoms with Gasteiger partial charge in [0.25, 0.3) is 0 Å². The molecule has 0 aliphatic carbocycles. The number of hydrogen-bond donors (Lipinski definition) is 2. The van der Waals surface area contributed by atoms with Gasteiger partial charge in [-0.15, -0.1) is 0 Å². The van der Waals surface area contributed by atoms with Gasteiger partial charge in [0.15, 0.2) is 0 Å². The highest BCUT2D eigenvalue weighted by Crippen LogP contribution is 2.19. The molecule has 0 bridgehead atoms. The third kappa shape index (κ3) is 3.07. The van der Waals surface area contributed by atoms with Gasteiger partial charge in [-0.05, 0) is 36.8 Å². The van der Waals surface area contributed by atoms with E-state index in [1.807, 2.05) is 13.0 Å². The number of aromatic nitrogens is 2. The van der Waals surface area contributed by atoms with Crippen LogP contribution >= 0.6 is 11.6 Å². The Kier molecular flexibility index (Phi) is 3.44. The Morgan fingerprint density at radius 1 is 1.47 bits per heavy atom. The number of carbonyl (C=O) groups excluding carboxylic acids is 1. The number of halogens is 1. The summed E-state index contributed by atoms with van der Waals surface area (Å²) in [6, 6.07) is 7.13. The van der Waals surface area contributed by atoms with E-state index in [2.05, 4.69) is 15.5 Å². The van der Waals surface area contributed by atoms with Crippen molar-refractivity contribution in [2.75, 3.05) is 5.32 Å². The molecule has 1 amide bonds. The van der Waals surface area contributed by atoms with Gasteiger partial charge in [-0.25, -0.2) is 0 Å². The maximum atomic E-state index is 11.7. The van der Waals surface area contributed by atoms with Gasteiger partial charge in [-0.3, -0.25) is 9.89 Å². The standard InChI is InChI=1S/C12H12ClN3O/c1-8-6-9(13)2-3-11(8)15-12(17)7-10-4-5-14-16-10/h2-6H,7H2,1H3,(H,14,16)(H,15,17). The second-order valence-corrected chi connectivity index (χ2v) is 4.20. The molecule has 0 aliphatic heterocycles. The molecule has 2 rings (SSSR count). The summed E-state index contributed by atoms with van der Waals surface area (Å²) in [5.74, 6) is -0.0836. The molecule has 0 aliphatic rings. The van der Waals surface area contributed by atoms with Gasteiger partial charge in [0.05, 0.1) is 6.42 Å². The van der Waals surface area contributed by atoms with Crippen LogP contribution in [0.15, 0.2) is 30.5 Å². The lowest BCUT2D eigenvalue weighted by molar-refractivity contribution is -0.115. The van der Waals surface area contributed by atoms with E-state index in [1.54, 1.807) is 24.4 Å². The van der Waals surface area contributed by atoms with E-state index in [0.29, 0.717) is 5.02 Å². The molecular weight excluding hydrogens is 238 g/mol. The molecule has 4 nitrogen and oxygen atoms in total. The zero-order valence-corrected chi connectivity index (χ0v) is 10.1. The molecule has 0 radical (unpaired) electrons. The highest BCUT2D eigenvalue weighted by Gasteiger charge is 2.06. The number of rotatable bonds is 3. The Hall–Kier alpha value is -1.81. The maximum absolute atomic E-state index is 11.7. The number of aryl methyl sites for hydroxylation is 1. The number of carbonyl (C=O) groups is 1. The topological polar surface area (TPSA) is 57.8 Å². The van der Waals surface area contributed by atoms with Gasteiger partial charge < -0.3 is 5.32 Å². The first-order valence-electron chi connectivity index (χ1n) is 5.19. The van der Waals surface area contributed by atoms with E-state index in [0.717, 1.165) is 16.9 Å². The lowest BCUT2D eigenvalue weighted by Gasteiger charge is -2.07. The first-order valence-corrected chi connectivity index (χ1v) is 5.57. The number of benzene rings is 1. The molecule has 0 saturated carbocycles. The van der Waals surface area contributed by atoms with Crippen LogP contribution in [-0.2, 0) is 11.2 Å². The van der Waals surface area contributed by atoms with Crippen molar-refractivity contribution in [2.24, 2.45) is 0 Å². The Morgan fingerprint density at radius 3 is 2.94 bits per heavy atom. The number of amides is 1. The van der Waals surface area contributed by atoms with Crippen molar-refractivity contribution in [3.05, 3.63) is 46.7 Å². The molecule has 5 heteroatoms. The van der Waals surface area contributed by atoms with Gasteiger partial charge >= 0.3 is 0 Å². The van der Waals surface area contributed by atoms with E-state index >= 15 is 0 Å². The van der Waals surface area contributed by atoms with Crippen molar-refractivity contribution in [1.29, 1.82) is 0 Å². The zero-order valence-electron chi connectivity index (χ0n) is 9.33. The van der Waals surface area contributed by atoms with Crippen LogP contribution in [-0.4, -0.2) is 16.1 Å². The first-order chi connectivity index (χ1) is 8.15. The van der Waals surface area contributed by atoms with E-state index < -0.39 is 0 Å². The monoisotopic (exact) mass is 249 g/mol. The van der Waals surface area contributed by atoms with Crippen molar-refractivity contribution in [3.8, 4) is 0 Å². The van der Waals surface area contributed by atoms with Gasteiger partial charge in [-0.2, -0.15) is 5.10 Å². The molecule has 0 saturated heterocycles. The smallest absolute Gasteiger partial charge is 0.230 e. The summed E-state index contributed by atoms with van der Waals surface area (Å²) in [5, 5.41) is 10.0. The minimum absolute atomic E-state index is 0.0836. The van der Waals surface area contributed by atoms with Crippen LogP contribution < -0.4 is 5.32 Å². The fourth-order valence-electron chi connectivity index (χ4n) is 1.52. The van der Waals surface area contributed by atoms with E-state index in [9.17, 15) is 4.79 Å². The molecule has 0 atom stereocenters.